The van der Waals surface area contributed by atoms with Crippen LogP contribution >= 0.6 is 0 Å². The van der Waals surface area contributed by atoms with Gasteiger partial charge in [0.05, 0.1) is 5.84 Å². The highest BCUT2D eigenvalue weighted by atomic mass is 15.3. The van der Waals surface area contributed by atoms with E-state index in [1.807, 2.05) is 0 Å². The monoisotopic (exact) mass is 235 g/mol. The molecule has 3 heteroatoms. The van der Waals surface area contributed by atoms with Crippen LogP contribution in [0.5, 0.6) is 0 Å². The summed E-state index contributed by atoms with van der Waals surface area (Å²) < 4.78 is 0. The van der Waals surface area contributed by atoms with Crippen molar-refractivity contribution in [1.29, 1.82) is 5.41 Å². The van der Waals surface area contributed by atoms with Gasteiger partial charge in [0.1, 0.15) is 0 Å². The third-order valence-electron chi connectivity index (χ3n) is 4.89. The molecule has 0 amide bonds. The second-order valence-corrected chi connectivity index (χ2v) is 6.00. The van der Waals surface area contributed by atoms with E-state index in [4.69, 9.17) is 5.41 Å². The summed E-state index contributed by atoms with van der Waals surface area (Å²) in [6.07, 6.45) is 9.20. The zero-order chi connectivity index (χ0) is 11.7. The molecule has 1 aliphatic carbocycles. The van der Waals surface area contributed by atoms with Crippen LogP contribution in [0.4, 0.5) is 0 Å². The highest BCUT2D eigenvalue weighted by molar-refractivity contribution is 5.82. The third kappa shape index (κ3) is 2.35. The molecular weight excluding hydrogens is 210 g/mol. The molecule has 1 atom stereocenters. The Bertz CT molecular complexity index is 283. The molecule has 3 fully saturated rings. The average molecular weight is 235 g/mol. The minimum absolute atomic E-state index is 0.586. The van der Waals surface area contributed by atoms with Gasteiger partial charge in [-0.05, 0) is 38.6 Å². The van der Waals surface area contributed by atoms with Gasteiger partial charge in [-0.2, -0.15) is 0 Å². The Kier molecular flexibility index (Phi) is 3.37. The molecule has 1 saturated carbocycles. The lowest BCUT2D eigenvalue weighted by molar-refractivity contribution is 0.253. The summed E-state index contributed by atoms with van der Waals surface area (Å²) in [6.45, 7) is 4.83. The Morgan fingerprint density at radius 2 is 1.65 bits per heavy atom. The average Bonchev–Trinajstić information content (AvgIpc) is 2.96. The van der Waals surface area contributed by atoms with Gasteiger partial charge in [-0.15, -0.1) is 0 Å². The number of rotatable bonds is 1. The lowest BCUT2D eigenvalue weighted by Gasteiger charge is -2.30. The minimum atomic E-state index is 0.586. The molecular formula is C14H25N3. The first-order valence-corrected chi connectivity index (χ1v) is 7.42. The third-order valence-corrected chi connectivity index (χ3v) is 4.89. The van der Waals surface area contributed by atoms with E-state index < -0.39 is 0 Å². The lowest BCUT2D eigenvalue weighted by atomic mass is 10.1. The molecule has 0 aromatic carbocycles. The van der Waals surface area contributed by atoms with Gasteiger partial charge in [-0.3, -0.25) is 10.3 Å². The zero-order valence-corrected chi connectivity index (χ0v) is 10.8. The Morgan fingerprint density at radius 1 is 0.882 bits per heavy atom. The van der Waals surface area contributed by atoms with E-state index in [0.717, 1.165) is 25.0 Å². The first-order chi connectivity index (χ1) is 8.34. The zero-order valence-electron chi connectivity index (χ0n) is 10.8. The SMILES string of the molecule is N=C(C1CCCC1)N1CCCN2CCCC2C1. The van der Waals surface area contributed by atoms with Crippen molar-refractivity contribution in [2.75, 3.05) is 26.2 Å². The van der Waals surface area contributed by atoms with Crippen LogP contribution in [0.25, 0.3) is 0 Å². The maximum Gasteiger partial charge on any atom is 0.0990 e. The van der Waals surface area contributed by atoms with Crippen molar-refractivity contribution in [2.24, 2.45) is 5.92 Å². The number of nitrogens with zero attached hydrogens (tertiary/aromatic N) is 2. The van der Waals surface area contributed by atoms with E-state index >= 15 is 0 Å². The smallest absolute Gasteiger partial charge is 0.0990 e. The Hall–Kier alpha value is -0.570. The molecule has 17 heavy (non-hydrogen) atoms. The second kappa shape index (κ2) is 4.97. The molecule has 0 radical (unpaired) electrons. The van der Waals surface area contributed by atoms with Crippen molar-refractivity contribution in [3.63, 3.8) is 0 Å². The number of amidine groups is 1. The van der Waals surface area contributed by atoms with Gasteiger partial charge in [0.25, 0.3) is 0 Å². The van der Waals surface area contributed by atoms with Gasteiger partial charge in [0.2, 0.25) is 0 Å². The van der Waals surface area contributed by atoms with Crippen molar-refractivity contribution in [1.82, 2.24) is 9.80 Å². The molecule has 2 saturated heterocycles. The molecule has 0 bridgehead atoms. The van der Waals surface area contributed by atoms with Crippen molar-refractivity contribution >= 4 is 5.84 Å². The maximum absolute atomic E-state index is 8.44. The van der Waals surface area contributed by atoms with Gasteiger partial charge in [0, 0.05) is 31.6 Å². The van der Waals surface area contributed by atoms with E-state index in [0.29, 0.717) is 5.92 Å². The molecule has 0 spiro atoms. The molecule has 0 aromatic rings. The highest BCUT2D eigenvalue weighted by Gasteiger charge is 2.31. The van der Waals surface area contributed by atoms with Gasteiger partial charge < -0.3 is 4.90 Å². The Morgan fingerprint density at radius 3 is 2.47 bits per heavy atom. The van der Waals surface area contributed by atoms with E-state index in [2.05, 4.69) is 9.80 Å². The topological polar surface area (TPSA) is 30.3 Å². The first-order valence-electron chi connectivity index (χ1n) is 7.42. The van der Waals surface area contributed by atoms with Gasteiger partial charge in [-0.25, -0.2) is 0 Å². The van der Waals surface area contributed by atoms with Crippen molar-refractivity contribution in [3.8, 4) is 0 Å². The lowest BCUT2D eigenvalue weighted by Crippen LogP contribution is -2.41. The standard InChI is InChI=1S/C14H25N3/c15-14(12-5-1-2-6-12)17-10-4-9-16-8-3-7-13(16)11-17/h12-13,15H,1-11H2. The largest absolute Gasteiger partial charge is 0.359 e. The normalized spacial score (nSPS) is 31.5. The van der Waals surface area contributed by atoms with Crippen LogP contribution in [0.3, 0.4) is 0 Å². The van der Waals surface area contributed by atoms with Crippen LogP contribution < -0.4 is 0 Å². The summed E-state index contributed by atoms with van der Waals surface area (Å²) in [6, 6.07) is 0.749. The van der Waals surface area contributed by atoms with Crippen LogP contribution in [-0.2, 0) is 0 Å². The quantitative estimate of drug-likeness (QED) is 0.558. The van der Waals surface area contributed by atoms with Gasteiger partial charge >= 0.3 is 0 Å². The molecule has 1 unspecified atom stereocenters. The summed E-state index contributed by atoms with van der Waals surface area (Å²) in [7, 11) is 0. The van der Waals surface area contributed by atoms with E-state index in [9.17, 15) is 0 Å². The van der Waals surface area contributed by atoms with Crippen LogP contribution in [0.15, 0.2) is 0 Å². The number of hydrogen-bond donors (Lipinski definition) is 1. The fraction of sp³-hybridized carbons (Fsp3) is 0.929. The van der Waals surface area contributed by atoms with Crippen molar-refractivity contribution < 1.29 is 0 Å². The number of hydrogen-bond acceptors (Lipinski definition) is 2. The molecule has 2 aliphatic heterocycles. The Labute approximate surface area is 105 Å². The second-order valence-electron chi connectivity index (χ2n) is 6.00. The Balaban J connectivity index is 1.63. The predicted molar refractivity (Wildman–Crippen MR) is 70.5 cm³/mol. The van der Waals surface area contributed by atoms with Crippen LogP contribution in [0.1, 0.15) is 44.9 Å². The summed E-state index contributed by atoms with van der Waals surface area (Å²) in [5, 5.41) is 8.44. The summed E-state index contributed by atoms with van der Waals surface area (Å²) >= 11 is 0. The van der Waals surface area contributed by atoms with Crippen molar-refractivity contribution in [3.05, 3.63) is 0 Å². The first kappa shape index (κ1) is 11.5. The molecule has 1 N–H and O–H groups in total. The molecule has 2 heterocycles. The van der Waals surface area contributed by atoms with Crippen molar-refractivity contribution in [2.45, 2.75) is 51.0 Å². The van der Waals surface area contributed by atoms with E-state index in [1.54, 1.807) is 0 Å². The molecule has 3 rings (SSSR count). The van der Waals surface area contributed by atoms with Crippen LogP contribution in [0, 0.1) is 11.3 Å². The molecule has 3 nitrogen and oxygen atoms in total. The van der Waals surface area contributed by atoms with Gasteiger partial charge in [-0.1, -0.05) is 12.8 Å². The molecule has 96 valence electrons. The summed E-state index contributed by atoms with van der Waals surface area (Å²) in [5.74, 6) is 1.55. The maximum atomic E-state index is 8.44. The fourth-order valence-electron chi connectivity index (χ4n) is 3.88. The molecule has 0 aromatic heterocycles. The fourth-order valence-corrected chi connectivity index (χ4v) is 3.88. The van der Waals surface area contributed by atoms with E-state index in [-0.39, 0.29) is 0 Å². The molecule has 3 aliphatic rings. The highest BCUT2D eigenvalue weighted by Crippen LogP contribution is 2.28. The summed E-state index contributed by atoms with van der Waals surface area (Å²) in [4.78, 5) is 5.06. The number of nitrogens with one attached hydrogen (secondary N) is 1. The van der Waals surface area contributed by atoms with Crippen LogP contribution in [0.2, 0.25) is 0 Å². The predicted octanol–water partition coefficient (Wildman–Crippen LogP) is 2.32. The summed E-state index contributed by atoms with van der Waals surface area (Å²) in [5.41, 5.74) is 0. The van der Waals surface area contributed by atoms with Gasteiger partial charge in [0.15, 0.2) is 0 Å². The minimum Gasteiger partial charge on any atom is -0.359 e. The number of fused-ring (bicyclic) bond motifs is 1. The van der Waals surface area contributed by atoms with Crippen LogP contribution in [-0.4, -0.2) is 47.9 Å². The van der Waals surface area contributed by atoms with E-state index in [1.165, 1.54) is 58.0 Å².